The standard InChI is InChI=1S/C26H30FN5O3S/c1-4-16-7-5-6-8-19(16)32(26(35)23-20(28)21(24(29)33)31-36-23)22(17-9-11-18(27)12-10-17)25(34)30-14-13-15(2)3/h5-12,15,22H,4,13-14,28H2,1-3H3,(H2,29,33)(H,30,34)/t22-/m0/s1. The minimum Gasteiger partial charge on any atom is -0.395 e. The van der Waals surface area contributed by atoms with Crippen molar-refractivity contribution < 1.29 is 18.8 Å². The lowest BCUT2D eigenvalue weighted by atomic mass is 10.00. The average Bonchev–Trinajstić information content (AvgIpc) is 3.24. The first-order valence-electron chi connectivity index (χ1n) is 11.6. The van der Waals surface area contributed by atoms with Crippen LogP contribution in [0.25, 0.3) is 0 Å². The second-order valence-corrected chi connectivity index (χ2v) is 9.50. The first-order valence-corrected chi connectivity index (χ1v) is 12.4. The third-order valence-corrected chi connectivity index (χ3v) is 6.57. The van der Waals surface area contributed by atoms with Crippen LogP contribution in [0.4, 0.5) is 15.8 Å². The number of hydrogen-bond donors (Lipinski definition) is 3. The van der Waals surface area contributed by atoms with E-state index in [2.05, 4.69) is 9.69 Å². The minimum atomic E-state index is -1.14. The summed E-state index contributed by atoms with van der Waals surface area (Å²) in [5.74, 6) is -2.02. The molecule has 1 heterocycles. The summed E-state index contributed by atoms with van der Waals surface area (Å²) in [6.45, 7) is 6.42. The molecule has 3 aromatic rings. The molecule has 0 unspecified atom stereocenters. The largest absolute Gasteiger partial charge is 0.395 e. The molecule has 36 heavy (non-hydrogen) atoms. The van der Waals surface area contributed by atoms with E-state index in [0.29, 0.717) is 30.1 Å². The number of primary amides is 1. The fourth-order valence-electron chi connectivity index (χ4n) is 3.79. The lowest BCUT2D eigenvalue weighted by molar-refractivity contribution is -0.122. The Bertz CT molecular complexity index is 1240. The number of nitrogens with zero attached hydrogens (tertiary/aromatic N) is 2. The molecule has 0 aliphatic rings. The van der Waals surface area contributed by atoms with Crippen LogP contribution in [0.2, 0.25) is 0 Å². The summed E-state index contributed by atoms with van der Waals surface area (Å²) in [6, 6.07) is 11.5. The third-order valence-electron chi connectivity index (χ3n) is 5.72. The van der Waals surface area contributed by atoms with E-state index >= 15 is 0 Å². The van der Waals surface area contributed by atoms with Gasteiger partial charge in [-0.05, 0) is 59.6 Å². The molecule has 0 radical (unpaired) electrons. The van der Waals surface area contributed by atoms with Crippen molar-refractivity contribution in [2.24, 2.45) is 11.7 Å². The number of amides is 3. The number of nitrogen functional groups attached to an aromatic ring is 1. The van der Waals surface area contributed by atoms with E-state index in [-0.39, 0.29) is 16.3 Å². The van der Waals surface area contributed by atoms with Crippen LogP contribution in [-0.4, -0.2) is 28.6 Å². The van der Waals surface area contributed by atoms with Gasteiger partial charge in [-0.3, -0.25) is 19.3 Å². The van der Waals surface area contributed by atoms with Crippen LogP contribution < -0.4 is 21.7 Å². The van der Waals surface area contributed by atoms with Crippen LogP contribution in [0.15, 0.2) is 48.5 Å². The lowest BCUT2D eigenvalue weighted by Crippen LogP contribution is -2.44. The van der Waals surface area contributed by atoms with Crippen molar-refractivity contribution in [2.75, 3.05) is 17.2 Å². The molecule has 190 valence electrons. The van der Waals surface area contributed by atoms with Crippen molar-refractivity contribution in [1.82, 2.24) is 9.69 Å². The van der Waals surface area contributed by atoms with Crippen LogP contribution in [0.1, 0.15) is 64.5 Å². The number of nitrogens with two attached hydrogens (primary N) is 2. The fraction of sp³-hybridized carbons (Fsp3) is 0.308. The van der Waals surface area contributed by atoms with Crippen molar-refractivity contribution in [3.05, 3.63) is 76.0 Å². The molecule has 10 heteroatoms. The van der Waals surface area contributed by atoms with E-state index in [4.69, 9.17) is 11.5 Å². The maximum absolute atomic E-state index is 14.0. The molecule has 2 aromatic carbocycles. The second-order valence-electron chi connectivity index (χ2n) is 8.72. The number of anilines is 2. The minimum absolute atomic E-state index is 0.0169. The van der Waals surface area contributed by atoms with Crippen LogP contribution in [0, 0.1) is 11.7 Å². The van der Waals surface area contributed by atoms with Gasteiger partial charge in [-0.15, -0.1) is 0 Å². The SMILES string of the molecule is CCc1ccccc1N(C(=O)c1snc(C(N)=O)c1N)[C@H](C(=O)NCCC(C)C)c1ccc(F)cc1. The zero-order valence-electron chi connectivity index (χ0n) is 20.5. The second kappa shape index (κ2) is 11.8. The van der Waals surface area contributed by atoms with Crippen LogP contribution in [0.3, 0.4) is 0 Å². The van der Waals surface area contributed by atoms with Crippen molar-refractivity contribution in [3.8, 4) is 0 Å². The van der Waals surface area contributed by atoms with E-state index in [0.717, 1.165) is 23.5 Å². The number of carbonyl (C=O) groups is 3. The smallest absolute Gasteiger partial charge is 0.273 e. The molecular weight excluding hydrogens is 481 g/mol. The van der Waals surface area contributed by atoms with Crippen LogP contribution in [-0.2, 0) is 11.2 Å². The summed E-state index contributed by atoms with van der Waals surface area (Å²) in [7, 11) is 0. The Hall–Kier alpha value is -3.79. The molecule has 0 aliphatic carbocycles. The average molecular weight is 512 g/mol. The summed E-state index contributed by atoms with van der Waals surface area (Å²) in [4.78, 5) is 40.7. The maximum atomic E-state index is 14.0. The Morgan fingerprint density at radius 1 is 1.11 bits per heavy atom. The molecular formula is C26H30FN5O3S. The molecule has 8 nitrogen and oxygen atoms in total. The number of para-hydroxylation sites is 1. The number of rotatable bonds is 10. The summed E-state index contributed by atoms with van der Waals surface area (Å²) in [5.41, 5.74) is 12.8. The highest BCUT2D eigenvalue weighted by atomic mass is 32.1. The molecule has 1 aromatic heterocycles. The van der Waals surface area contributed by atoms with Gasteiger partial charge in [-0.1, -0.05) is 51.1 Å². The van der Waals surface area contributed by atoms with Crippen molar-refractivity contribution in [2.45, 2.75) is 39.7 Å². The first-order chi connectivity index (χ1) is 17.1. The molecule has 0 saturated carbocycles. The van der Waals surface area contributed by atoms with Gasteiger partial charge in [0, 0.05) is 12.2 Å². The topological polar surface area (TPSA) is 131 Å². The summed E-state index contributed by atoms with van der Waals surface area (Å²) in [6.07, 6.45) is 1.32. The number of halogens is 1. The highest BCUT2D eigenvalue weighted by Gasteiger charge is 2.36. The molecule has 5 N–H and O–H groups in total. The van der Waals surface area contributed by atoms with E-state index in [1.807, 2.05) is 32.9 Å². The van der Waals surface area contributed by atoms with Crippen molar-refractivity contribution >= 4 is 40.6 Å². The van der Waals surface area contributed by atoms with Gasteiger partial charge in [0.2, 0.25) is 5.91 Å². The fourth-order valence-corrected chi connectivity index (χ4v) is 4.53. The van der Waals surface area contributed by atoms with Gasteiger partial charge in [-0.2, -0.15) is 4.37 Å². The van der Waals surface area contributed by atoms with Gasteiger partial charge in [0.15, 0.2) is 5.69 Å². The number of aromatic nitrogens is 1. The number of aryl methyl sites for hydroxylation is 1. The number of hydrogen-bond acceptors (Lipinski definition) is 6. The maximum Gasteiger partial charge on any atom is 0.273 e. The molecule has 3 amide bonds. The third kappa shape index (κ3) is 5.88. The molecule has 0 fully saturated rings. The van der Waals surface area contributed by atoms with E-state index < -0.39 is 29.6 Å². The molecule has 3 rings (SSSR count). The highest BCUT2D eigenvalue weighted by Crippen LogP contribution is 2.35. The van der Waals surface area contributed by atoms with Gasteiger partial charge in [0.1, 0.15) is 16.7 Å². The Kier molecular flexibility index (Phi) is 8.76. The van der Waals surface area contributed by atoms with E-state index in [9.17, 15) is 18.8 Å². The summed E-state index contributed by atoms with van der Waals surface area (Å²) >= 11 is 0.739. The molecule has 0 aliphatic heterocycles. The van der Waals surface area contributed by atoms with Crippen molar-refractivity contribution in [1.29, 1.82) is 0 Å². The normalized spacial score (nSPS) is 11.8. The van der Waals surface area contributed by atoms with Gasteiger partial charge >= 0.3 is 0 Å². The molecule has 0 saturated heterocycles. The monoisotopic (exact) mass is 511 g/mol. The zero-order chi connectivity index (χ0) is 26.4. The number of carbonyl (C=O) groups excluding carboxylic acids is 3. The van der Waals surface area contributed by atoms with Crippen LogP contribution >= 0.6 is 11.5 Å². The number of nitrogens with one attached hydrogen (secondary N) is 1. The Morgan fingerprint density at radius 2 is 1.78 bits per heavy atom. The lowest BCUT2D eigenvalue weighted by Gasteiger charge is -2.32. The molecule has 1 atom stereocenters. The summed E-state index contributed by atoms with van der Waals surface area (Å²) in [5, 5.41) is 2.92. The van der Waals surface area contributed by atoms with E-state index in [1.165, 1.54) is 29.2 Å². The predicted octanol–water partition coefficient (Wildman–Crippen LogP) is 4.08. The predicted molar refractivity (Wildman–Crippen MR) is 139 cm³/mol. The Balaban J connectivity index is 2.20. The van der Waals surface area contributed by atoms with E-state index in [1.54, 1.807) is 12.1 Å². The molecule has 0 bridgehead atoms. The van der Waals surface area contributed by atoms with Gasteiger partial charge in [-0.25, -0.2) is 4.39 Å². The van der Waals surface area contributed by atoms with Gasteiger partial charge in [0.25, 0.3) is 11.8 Å². The summed E-state index contributed by atoms with van der Waals surface area (Å²) < 4.78 is 17.7. The zero-order valence-corrected chi connectivity index (χ0v) is 21.3. The molecule has 0 spiro atoms. The Labute approximate surface area is 213 Å². The van der Waals surface area contributed by atoms with Gasteiger partial charge < -0.3 is 16.8 Å². The van der Waals surface area contributed by atoms with Gasteiger partial charge in [0.05, 0.1) is 5.69 Å². The van der Waals surface area contributed by atoms with Crippen LogP contribution in [0.5, 0.6) is 0 Å². The Morgan fingerprint density at radius 3 is 2.36 bits per heavy atom. The quantitative estimate of drug-likeness (QED) is 0.377. The first kappa shape index (κ1) is 26.8. The highest BCUT2D eigenvalue weighted by molar-refractivity contribution is 7.09. The van der Waals surface area contributed by atoms with Crippen molar-refractivity contribution in [3.63, 3.8) is 0 Å². The number of benzene rings is 2.